The van der Waals surface area contributed by atoms with Crippen molar-refractivity contribution < 1.29 is 4.79 Å². The Morgan fingerprint density at radius 3 is 3.11 bits per heavy atom. The Balaban J connectivity index is 2.08. The molecule has 2 aromatic rings. The van der Waals surface area contributed by atoms with Crippen LogP contribution >= 0.6 is 0 Å². The number of H-pyrrole nitrogens is 1. The van der Waals surface area contributed by atoms with E-state index in [1.54, 1.807) is 0 Å². The van der Waals surface area contributed by atoms with Crippen molar-refractivity contribution in [2.45, 2.75) is 25.3 Å². The van der Waals surface area contributed by atoms with Crippen molar-refractivity contribution in [3.8, 4) is 0 Å². The van der Waals surface area contributed by atoms with Crippen molar-refractivity contribution >= 4 is 23.0 Å². The molecule has 4 heteroatoms. The van der Waals surface area contributed by atoms with Gasteiger partial charge in [-0.2, -0.15) is 0 Å². The number of carbonyl (C=O) groups is 1. The zero-order chi connectivity index (χ0) is 12.5. The highest BCUT2D eigenvalue weighted by Gasteiger charge is 2.21. The van der Waals surface area contributed by atoms with Gasteiger partial charge in [0.25, 0.3) is 0 Å². The van der Waals surface area contributed by atoms with E-state index in [1.165, 1.54) is 23.1 Å². The number of aromatic nitrogens is 1. The van der Waals surface area contributed by atoms with Crippen LogP contribution in [-0.4, -0.2) is 24.5 Å². The highest BCUT2D eigenvalue weighted by molar-refractivity contribution is 5.89. The van der Waals surface area contributed by atoms with Gasteiger partial charge >= 0.3 is 0 Å². The van der Waals surface area contributed by atoms with E-state index in [0.29, 0.717) is 6.04 Å². The van der Waals surface area contributed by atoms with E-state index >= 15 is 0 Å². The molecule has 1 aromatic carbocycles. The van der Waals surface area contributed by atoms with Crippen LogP contribution in [0.1, 0.15) is 17.7 Å². The zero-order valence-corrected chi connectivity index (χ0v) is 10.4. The van der Waals surface area contributed by atoms with Crippen LogP contribution in [0.5, 0.6) is 0 Å². The first kappa shape index (κ1) is 11.3. The van der Waals surface area contributed by atoms with Crippen LogP contribution in [0.4, 0.5) is 5.69 Å². The number of rotatable bonds is 3. The number of likely N-dealkylation sites (N-methyl/N-ethyl adjacent to an activating group) is 1. The van der Waals surface area contributed by atoms with Crippen molar-refractivity contribution in [1.82, 2.24) is 10.3 Å². The Kier molecular flexibility index (Phi) is 2.80. The summed E-state index contributed by atoms with van der Waals surface area (Å²) in [6.07, 6.45) is 4.04. The topological polar surface area (TPSA) is 56.9 Å². The number of fused-ring (bicyclic) bond motifs is 3. The zero-order valence-electron chi connectivity index (χ0n) is 10.4. The van der Waals surface area contributed by atoms with E-state index in [9.17, 15) is 4.79 Å². The van der Waals surface area contributed by atoms with Gasteiger partial charge in [0.2, 0.25) is 6.41 Å². The van der Waals surface area contributed by atoms with Crippen LogP contribution in [0.15, 0.2) is 18.2 Å². The average molecular weight is 243 g/mol. The SMILES string of the molecule is CN[C@H]1CCc2[nH]c3ccc(NC=O)cc3c2C1. The molecule has 18 heavy (non-hydrogen) atoms. The second kappa shape index (κ2) is 4.46. The van der Waals surface area contributed by atoms with E-state index in [4.69, 9.17) is 0 Å². The van der Waals surface area contributed by atoms with Gasteiger partial charge < -0.3 is 15.6 Å². The molecule has 0 fully saturated rings. The summed E-state index contributed by atoms with van der Waals surface area (Å²) in [4.78, 5) is 14.0. The maximum atomic E-state index is 10.5. The number of anilines is 1. The van der Waals surface area contributed by atoms with Gasteiger partial charge in [-0.15, -0.1) is 0 Å². The normalized spacial score (nSPS) is 18.6. The Morgan fingerprint density at radius 2 is 2.33 bits per heavy atom. The van der Waals surface area contributed by atoms with E-state index in [2.05, 4.69) is 21.7 Å². The molecule has 3 N–H and O–H groups in total. The second-order valence-electron chi connectivity index (χ2n) is 4.83. The number of aryl methyl sites for hydroxylation is 1. The molecule has 1 aromatic heterocycles. The van der Waals surface area contributed by atoms with Gasteiger partial charge in [0.1, 0.15) is 0 Å². The fourth-order valence-electron chi connectivity index (χ4n) is 2.82. The third-order valence-corrected chi connectivity index (χ3v) is 3.82. The van der Waals surface area contributed by atoms with Gasteiger partial charge in [0.15, 0.2) is 0 Å². The van der Waals surface area contributed by atoms with Crippen molar-refractivity contribution in [2.75, 3.05) is 12.4 Å². The minimum Gasteiger partial charge on any atom is -0.358 e. The molecule has 1 aliphatic carbocycles. The lowest BCUT2D eigenvalue weighted by Crippen LogP contribution is -2.31. The molecule has 0 aliphatic heterocycles. The molecule has 0 spiro atoms. The highest BCUT2D eigenvalue weighted by atomic mass is 16.1. The summed E-state index contributed by atoms with van der Waals surface area (Å²) in [6.45, 7) is 0. The van der Waals surface area contributed by atoms with Crippen LogP contribution in [0, 0.1) is 0 Å². The summed E-state index contributed by atoms with van der Waals surface area (Å²) in [5, 5.41) is 7.30. The van der Waals surface area contributed by atoms with Crippen LogP contribution in [0.25, 0.3) is 10.9 Å². The summed E-state index contributed by atoms with van der Waals surface area (Å²) in [5.41, 5.74) is 4.75. The lowest BCUT2D eigenvalue weighted by molar-refractivity contribution is -0.105. The summed E-state index contributed by atoms with van der Waals surface area (Å²) >= 11 is 0. The molecule has 0 saturated carbocycles. The average Bonchev–Trinajstić information content (AvgIpc) is 2.76. The Bertz CT molecular complexity index is 588. The van der Waals surface area contributed by atoms with Crippen LogP contribution in [-0.2, 0) is 17.6 Å². The standard InChI is InChI=1S/C14H17N3O/c1-15-9-2-4-13-11(6-9)12-7-10(16-8-18)3-5-14(12)17-13/h3,5,7-9,15,17H,2,4,6H2,1H3,(H,16,18)/t9-/m0/s1. The number of nitrogens with one attached hydrogen (secondary N) is 3. The summed E-state index contributed by atoms with van der Waals surface area (Å²) in [7, 11) is 2.02. The molecule has 1 atom stereocenters. The first-order valence-corrected chi connectivity index (χ1v) is 6.32. The maximum absolute atomic E-state index is 10.5. The summed E-state index contributed by atoms with van der Waals surface area (Å²) in [6, 6.07) is 6.57. The van der Waals surface area contributed by atoms with Crippen LogP contribution < -0.4 is 10.6 Å². The lowest BCUT2D eigenvalue weighted by Gasteiger charge is -2.21. The van der Waals surface area contributed by atoms with Crippen molar-refractivity contribution in [3.63, 3.8) is 0 Å². The summed E-state index contributed by atoms with van der Waals surface area (Å²) in [5.74, 6) is 0. The van der Waals surface area contributed by atoms with Crippen molar-refractivity contribution in [1.29, 1.82) is 0 Å². The molecular weight excluding hydrogens is 226 g/mol. The third kappa shape index (κ3) is 1.78. The summed E-state index contributed by atoms with van der Waals surface area (Å²) < 4.78 is 0. The quantitative estimate of drug-likeness (QED) is 0.720. The van der Waals surface area contributed by atoms with Gasteiger partial charge in [-0.1, -0.05) is 0 Å². The number of aromatic amines is 1. The molecule has 0 bridgehead atoms. The number of hydrogen-bond donors (Lipinski definition) is 3. The van der Waals surface area contributed by atoms with Crippen LogP contribution in [0.3, 0.4) is 0 Å². The molecular formula is C14H17N3O. The molecule has 1 heterocycles. The molecule has 0 saturated heterocycles. The Hall–Kier alpha value is -1.81. The predicted molar refractivity (Wildman–Crippen MR) is 72.9 cm³/mol. The fraction of sp³-hybridized carbons (Fsp3) is 0.357. The number of carbonyl (C=O) groups excluding carboxylic acids is 1. The third-order valence-electron chi connectivity index (χ3n) is 3.82. The highest BCUT2D eigenvalue weighted by Crippen LogP contribution is 2.30. The van der Waals surface area contributed by atoms with E-state index in [1.807, 2.05) is 19.2 Å². The Morgan fingerprint density at radius 1 is 1.44 bits per heavy atom. The maximum Gasteiger partial charge on any atom is 0.211 e. The first-order chi connectivity index (χ1) is 8.81. The number of amides is 1. The number of hydrogen-bond acceptors (Lipinski definition) is 2. The molecule has 0 radical (unpaired) electrons. The second-order valence-corrected chi connectivity index (χ2v) is 4.83. The van der Waals surface area contributed by atoms with Crippen LogP contribution in [0.2, 0.25) is 0 Å². The number of benzene rings is 1. The molecule has 1 amide bonds. The molecule has 4 nitrogen and oxygen atoms in total. The molecule has 0 unspecified atom stereocenters. The van der Waals surface area contributed by atoms with Gasteiger partial charge in [0, 0.05) is 28.3 Å². The lowest BCUT2D eigenvalue weighted by atomic mass is 9.91. The van der Waals surface area contributed by atoms with E-state index in [-0.39, 0.29) is 0 Å². The molecule has 3 rings (SSSR count). The van der Waals surface area contributed by atoms with Gasteiger partial charge in [0.05, 0.1) is 0 Å². The fourth-order valence-corrected chi connectivity index (χ4v) is 2.82. The largest absolute Gasteiger partial charge is 0.358 e. The Labute approximate surface area is 106 Å². The predicted octanol–water partition coefficient (Wildman–Crippen LogP) is 1.81. The minimum absolute atomic E-state index is 0.555. The van der Waals surface area contributed by atoms with Crippen molar-refractivity contribution in [2.24, 2.45) is 0 Å². The monoisotopic (exact) mass is 243 g/mol. The smallest absolute Gasteiger partial charge is 0.211 e. The van der Waals surface area contributed by atoms with Gasteiger partial charge in [-0.25, -0.2) is 0 Å². The van der Waals surface area contributed by atoms with Crippen molar-refractivity contribution in [3.05, 3.63) is 29.5 Å². The van der Waals surface area contributed by atoms with E-state index in [0.717, 1.165) is 30.5 Å². The first-order valence-electron chi connectivity index (χ1n) is 6.32. The van der Waals surface area contributed by atoms with Gasteiger partial charge in [-0.3, -0.25) is 4.79 Å². The van der Waals surface area contributed by atoms with E-state index < -0.39 is 0 Å². The minimum atomic E-state index is 0.555. The van der Waals surface area contributed by atoms with Gasteiger partial charge in [-0.05, 0) is 50.1 Å². The molecule has 94 valence electrons. The molecule has 1 aliphatic rings.